The van der Waals surface area contributed by atoms with Crippen LogP contribution in [0, 0.1) is 0 Å². The monoisotopic (exact) mass is 327 g/mol. The van der Waals surface area contributed by atoms with Crippen LogP contribution in [-0.2, 0) is 11.3 Å². The normalized spacial score (nSPS) is 10.8. The van der Waals surface area contributed by atoms with Crippen molar-refractivity contribution < 1.29 is 4.79 Å². The number of carbonyl (C=O) groups is 1. The minimum absolute atomic E-state index is 0.115. The molecular formula is C14H22BrN3O. The first-order valence-electron chi connectivity index (χ1n) is 6.40. The molecule has 2 N–H and O–H groups in total. The number of halogens is 1. The van der Waals surface area contributed by atoms with Crippen LogP contribution in [0.3, 0.4) is 0 Å². The van der Waals surface area contributed by atoms with Gasteiger partial charge in [-0.3, -0.25) is 9.69 Å². The molecule has 4 nitrogen and oxygen atoms in total. The number of amides is 1. The van der Waals surface area contributed by atoms with Gasteiger partial charge in [0, 0.05) is 30.8 Å². The molecule has 1 amide bonds. The van der Waals surface area contributed by atoms with Gasteiger partial charge in [0.25, 0.3) is 0 Å². The predicted octanol–water partition coefficient (Wildman–Crippen LogP) is 2.33. The highest BCUT2D eigenvalue weighted by Crippen LogP contribution is 2.20. The molecule has 0 bridgehead atoms. The largest absolute Gasteiger partial charge is 0.398 e. The molecule has 0 aliphatic rings. The van der Waals surface area contributed by atoms with E-state index >= 15 is 0 Å². The van der Waals surface area contributed by atoms with E-state index in [0.717, 1.165) is 28.7 Å². The minimum Gasteiger partial charge on any atom is -0.398 e. The lowest BCUT2D eigenvalue weighted by Gasteiger charge is -2.23. The van der Waals surface area contributed by atoms with Crippen LogP contribution >= 0.6 is 15.9 Å². The zero-order valence-corrected chi connectivity index (χ0v) is 13.4. The van der Waals surface area contributed by atoms with Crippen molar-refractivity contribution in [1.29, 1.82) is 0 Å². The van der Waals surface area contributed by atoms with Crippen molar-refractivity contribution >= 4 is 27.5 Å². The van der Waals surface area contributed by atoms with E-state index in [0.29, 0.717) is 13.1 Å². The summed E-state index contributed by atoms with van der Waals surface area (Å²) < 4.78 is 0.972. The molecule has 0 radical (unpaired) electrons. The number of nitrogen functional groups attached to an aromatic ring is 1. The molecule has 0 unspecified atom stereocenters. The molecule has 0 aromatic heterocycles. The van der Waals surface area contributed by atoms with Gasteiger partial charge in [-0.15, -0.1) is 0 Å². The summed E-state index contributed by atoms with van der Waals surface area (Å²) in [5, 5.41) is 0. The Hall–Kier alpha value is -1.07. The molecule has 19 heavy (non-hydrogen) atoms. The number of likely N-dealkylation sites (N-methyl/N-ethyl adjacent to an activating group) is 1. The molecule has 0 fully saturated rings. The third kappa shape index (κ3) is 5.20. The first kappa shape index (κ1) is 16.0. The van der Waals surface area contributed by atoms with E-state index in [1.165, 1.54) is 0 Å². The molecule has 0 aliphatic heterocycles. The van der Waals surface area contributed by atoms with Gasteiger partial charge < -0.3 is 10.6 Å². The van der Waals surface area contributed by atoms with Crippen LogP contribution in [0.4, 0.5) is 5.69 Å². The highest BCUT2D eigenvalue weighted by Gasteiger charge is 2.13. The molecule has 5 heteroatoms. The van der Waals surface area contributed by atoms with Gasteiger partial charge in [0.1, 0.15) is 0 Å². The number of rotatable bonds is 6. The Labute approximate surface area is 123 Å². The van der Waals surface area contributed by atoms with E-state index in [1.54, 1.807) is 19.0 Å². The number of nitrogens with zero attached hydrogens (tertiary/aromatic N) is 2. The summed E-state index contributed by atoms with van der Waals surface area (Å²) in [5.41, 5.74) is 7.82. The van der Waals surface area contributed by atoms with E-state index in [4.69, 9.17) is 5.73 Å². The van der Waals surface area contributed by atoms with Crippen molar-refractivity contribution in [3.63, 3.8) is 0 Å². The lowest BCUT2D eigenvalue weighted by atomic mass is 10.1. The smallest absolute Gasteiger partial charge is 0.236 e. The summed E-state index contributed by atoms with van der Waals surface area (Å²) in [5.74, 6) is 0.115. The van der Waals surface area contributed by atoms with E-state index in [2.05, 4.69) is 27.8 Å². The minimum atomic E-state index is 0.115. The van der Waals surface area contributed by atoms with Gasteiger partial charge in [0.15, 0.2) is 0 Å². The van der Waals surface area contributed by atoms with Gasteiger partial charge in [0.2, 0.25) is 5.91 Å². The summed E-state index contributed by atoms with van der Waals surface area (Å²) >= 11 is 3.40. The Morgan fingerprint density at radius 2 is 2.05 bits per heavy atom. The van der Waals surface area contributed by atoms with Crippen molar-refractivity contribution in [3.8, 4) is 0 Å². The third-order valence-electron chi connectivity index (χ3n) is 2.90. The van der Waals surface area contributed by atoms with Crippen LogP contribution < -0.4 is 5.73 Å². The molecule has 106 valence electrons. The van der Waals surface area contributed by atoms with Crippen LogP contribution in [0.15, 0.2) is 22.7 Å². The fraction of sp³-hybridized carbons (Fsp3) is 0.500. The zero-order valence-electron chi connectivity index (χ0n) is 11.8. The van der Waals surface area contributed by atoms with Crippen molar-refractivity contribution in [1.82, 2.24) is 9.80 Å². The first-order valence-corrected chi connectivity index (χ1v) is 7.19. The maximum absolute atomic E-state index is 11.8. The Morgan fingerprint density at radius 1 is 1.37 bits per heavy atom. The number of hydrogen-bond acceptors (Lipinski definition) is 3. The van der Waals surface area contributed by atoms with Crippen molar-refractivity contribution in [2.24, 2.45) is 0 Å². The first-order chi connectivity index (χ1) is 8.93. The van der Waals surface area contributed by atoms with E-state index in [9.17, 15) is 4.79 Å². The van der Waals surface area contributed by atoms with Crippen LogP contribution in [-0.4, -0.2) is 42.9 Å². The van der Waals surface area contributed by atoms with Gasteiger partial charge in [-0.05, 0) is 30.7 Å². The molecule has 1 aromatic carbocycles. The summed E-state index contributed by atoms with van der Waals surface area (Å²) in [6.07, 6.45) is 1.01. The van der Waals surface area contributed by atoms with E-state index in [-0.39, 0.29) is 5.91 Å². The standard InChI is InChI=1S/C14H22BrN3O/c1-4-7-18(10-14(19)17(2)3)9-11-5-6-12(15)8-13(11)16/h5-6,8H,4,7,9-10,16H2,1-3H3. The number of benzene rings is 1. The maximum Gasteiger partial charge on any atom is 0.236 e. The highest BCUT2D eigenvalue weighted by molar-refractivity contribution is 9.10. The fourth-order valence-corrected chi connectivity index (χ4v) is 2.19. The molecular weight excluding hydrogens is 306 g/mol. The lowest BCUT2D eigenvalue weighted by Crippen LogP contribution is -2.36. The Bertz CT molecular complexity index is 435. The molecule has 1 aromatic rings. The summed E-state index contributed by atoms with van der Waals surface area (Å²) in [6, 6.07) is 5.87. The quantitative estimate of drug-likeness (QED) is 0.816. The Morgan fingerprint density at radius 3 is 2.58 bits per heavy atom. The van der Waals surface area contributed by atoms with Gasteiger partial charge in [-0.1, -0.05) is 28.9 Å². The Balaban J connectivity index is 2.74. The van der Waals surface area contributed by atoms with Crippen molar-refractivity contribution in [2.45, 2.75) is 19.9 Å². The van der Waals surface area contributed by atoms with Crippen molar-refractivity contribution in [2.75, 3.05) is 32.9 Å². The van der Waals surface area contributed by atoms with E-state index in [1.807, 2.05) is 18.2 Å². The topological polar surface area (TPSA) is 49.6 Å². The second-order valence-corrected chi connectivity index (χ2v) is 5.76. The van der Waals surface area contributed by atoms with Gasteiger partial charge in [0.05, 0.1) is 6.54 Å². The third-order valence-corrected chi connectivity index (χ3v) is 3.39. The number of anilines is 1. The number of carbonyl (C=O) groups excluding carboxylic acids is 1. The molecule has 0 saturated heterocycles. The lowest BCUT2D eigenvalue weighted by molar-refractivity contribution is -0.130. The summed E-state index contributed by atoms with van der Waals surface area (Å²) in [6.45, 7) is 4.12. The van der Waals surface area contributed by atoms with Gasteiger partial charge >= 0.3 is 0 Å². The molecule has 0 atom stereocenters. The average Bonchev–Trinajstić information content (AvgIpc) is 2.32. The van der Waals surface area contributed by atoms with Gasteiger partial charge in [-0.2, -0.15) is 0 Å². The zero-order chi connectivity index (χ0) is 14.4. The van der Waals surface area contributed by atoms with Crippen LogP contribution in [0.2, 0.25) is 0 Å². The second-order valence-electron chi connectivity index (χ2n) is 4.84. The predicted molar refractivity (Wildman–Crippen MR) is 82.8 cm³/mol. The number of hydrogen-bond donors (Lipinski definition) is 1. The molecule has 1 rings (SSSR count). The fourth-order valence-electron chi connectivity index (χ4n) is 1.81. The molecule has 0 saturated carbocycles. The summed E-state index contributed by atoms with van der Waals surface area (Å²) in [4.78, 5) is 15.5. The van der Waals surface area contributed by atoms with Crippen LogP contribution in [0.25, 0.3) is 0 Å². The number of nitrogens with two attached hydrogens (primary N) is 1. The molecule has 0 spiro atoms. The maximum atomic E-state index is 11.8. The SMILES string of the molecule is CCCN(CC(=O)N(C)C)Cc1ccc(Br)cc1N. The molecule has 0 aliphatic carbocycles. The average molecular weight is 328 g/mol. The van der Waals surface area contributed by atoms with E-state index < -0.39 is 0 Å². The van der Waals surface area contributed by atoms with Crippen LogP contribution in [0.1, 0.15) is 18.9 Å². The summed E-state index contributed by atoms with van der Waals surface area (Å²) in [7, 11) is 3.56. The second kappa shape index (κ2) is 7.50. The molecule has 0 heterocycles. The van der Waals surface area contributed by atoms with Gasteiger partial charge in [-0.25, -0.2) is 0 Å². The Kier molecular flexibility index (Phi) is 6.31. The highest BCUT2D eigenvalue weighted by atomic mass is 79.9. The van der Waals surface area contributed by atoms with Crippen LogP contribution in [0.5, 0.6) is 0 Å². The van der Waals surface area contributed by atoms with Crippen molar-refractivity contribution in [3.05, 3.63) is 28.2 Å².